The Morgan fingerprint density at radius 1 is 1.50 bits per heavy atom. The number of sulfonamides is 1. The van der Waals surface area contributed by atoms with Gasteiger partial charge in [-0.15, -0.1) is 0 Å². The molecular formula is C16H27N3O4S. The molecule has 1 aliphatic heterocycles. The second-order valence-corrected chi connectivity index (χ2v) is 8.37. The van der Waals surface area contributed by atoms with Gasteiger partial charge in [0.2, 0.25) is 15.9 Å². The molecule has 24 heavy (non-hydrogen) atoms. The molecule has 2 heterocycles. The maximum absolute atomic E-state index is 12.5. The fourth-order valence-corrected chi connectivity index (χ4v) is 4.79. The van der Waals surface area contributed by atoms with E-state index in [4.69, 9.17) is 4.42 Å². The van der Waals surface area contributed by atoms with Crippen LogP contribution >= 0.6 is 0 Å². The summed E-state index contributed by atoms with van der Waals surface area (Å²) < 4.78 is 31.4. The Labute approximate surface area is 144 Å². The molecule has 7 nitrogen and oxygen atoms in total. The second kappa shape index (κ2) is 8.13. The van der Waals surface area contributed by atoms with E-state index in [2.05, 4.69) is 5.32 Å². The van der Waals surface area contributed by atoms with Gasteiger partial charge in [-0.25, -0.2) is 8.42 Å². The predicted octanol–water partition coefficient (Wildman–Crippen LogP) is 1.20. The summed E-state index contributed by atoms with van der Waals surface area (Å²) in [6.07, 6.45) is 3.44. The highest BCUT2D eigenvalue weighted by molar-refractivity contribution is 7.89. The van der Waals surface area contributed by atoms with Crippen molar-refractivity contribution in [1.29, 1.82) is 0 Å². The molecule has 0 radical (unpaired) electrons. The van der Waals surface area contributed by atoms with Gasteiger partial charge in [0.15, 0.2) is 0 Å². The summed E-state index contributed by atoms with van der Waals surface area (Å²) in [5.41, 5.74) is 0. The first-order chi connectivity index (χ1) is 11.4. The van der Waals surface area contributed by atoms with Crippen LogP contribution in [0, 0.1) is 0 Å². The van der Waals surface area contributed by atoms with Gasteiger partial charge in [0.1, 0.15) is 11.8 Å². The molecule has 0 aliphatic carbocycles. The molecule has 1 aliphatic rings. The standard InChI is InChI=1S/C16H27N3O4S/c1-4-11-24(21,22)19-9-5-7-13(19)16(20)17-12-14(18(2)3)15-8-6-10-23-15/h6,8,10,13-14H,4-5,7,9,11-12H2,1-3H3,(H,17,20). The van der Waals surface area contributed by atoms with E-state index in [1.165, 1.54) is 4.31 Å². The van der Waals surface area contributed by atoms with E-state index in [-0.39, 0.29) is 17.7 Å². The molecule has 1 aromatic rings. The van der Waals surface area contributed by atoms with E-state index in [0.29, 0.717) is 25.9 Å². The Hall–Kier alpha value is -1.38. The van der Waals surface area contributed by atoms with Gasteiger partial charge in [-0.2, -0.15) is 4.31 Å². The number of carbonyl (C=O) groups is 1. The van der Waals surface area contributed by atoms with Gasteiger partial charge in [-0.05, 0) is 45.5 Å². The van der Waals surface area contributed by atoms with E-state index in [0.717, 1.165) is 12.2 Å². The van der Waals surface area contributed by atoms with Crippen LogP contribution in [0.2, 0.25) is 0 Å². The van der Waals surface area contributed by atoms with Crippen molar-refractivity contribution < 1.29 is 17.6 Å². The van der Waals surface area contributed by atoms with Crippen LogP contribution in [-0.2, 0) is 14.8 Å². The molecule has 0 saturated carbocycles. The van der Waals surface area contributed by atoms with Crippen molar-refractivity contribution in [2.45, 2.75) is 38.3 Å². The Morgan fingerprint density at radius 3 is 2.83 bits per heavy atom. The molecule has 8 heteroatoms. The number of hydrogen-bond acceptors (Lipinski definition) is 5. The average molecular weight is 357 g/mol. The van der Waals surface area contributed by atoms with Crippen LogP contribution in [0.1, 0.15) is 38.0 Å². The van der Waals surface area contributed by atoms with Crippen LogP contribution in [-0.4, -0.2) is 62.5 Å². The zero-order valence-corrected chi connectivity index (χ0v) is 15.4. The number of amides is 1. The Bertz CT molecular complexity index is 628. The zero-order valence-electron chi connectivity index (χ0n) is 14.6. The van der Waals surface area contributed by atoms with Gasteiger partial charge in [0.25, 0.3) is 0 Å². The summed E-state index contributed by atoms with van der Waals surface area (Å²) in [7, 11) is 0.460. The number of furan rings is 1. The Balaban J connectivity index is 2.01. The normalized spacial score (nSPS) is 20.4. The smallest absolute Gasteiger partial charge is 0.238 e. The number of carbonyl (C=O) groups excluding carboxylic acids is 1. The predicted molar refractivity (Wildman–Crippen MR) is 92.0 cm³/mol. The van der Waals surface area contributed by atoms with Crippen molar-refractivity contribution in [3.05, 3.63) is 24.2 Å². The maximum Gasteiger partial charge on any atom is 0.238 e. The molecule has 0 aromatic carbocycles. The van der Waals surface area contributed by atoms with Crippen molar-refractivity contribution in [3.8, 4) is 0 Å². The summed E-state index contributed by atoms with van der Waals surface area (Å²) in [6.45, 7) is 2.63. The minimum Gasteiger partial charge on any atom is -0.468 e. The highest BCUT2D eigenvalue weighted by Crippen LogP contribution is 2.23. The Morgan fingerprint density at radius 2 is 2.25 bits per heavy atom. The maximum atomic E-state index is 12.5. The van der Waals surface area contributed by atoms with E-state index >= 15 is 0 Å². The van der Waals surface area contributed by atoms with E-state index in [1.807, 2.05) is 38.1 Å². The number of nitrogens with one attached hydrogen (secondary N) is 1. The summed E-state index contributed by atoms with van der Waals surface area (Å²) in [5, 5.41) is 2.89. The van der Waals surface area contributed by atoms with Gasteiger partial charge in [-0.1, -0.05) is 6.92 Å². The SMILES string of the molecule is CCCS(=O)(=O)N1CCCC1C(=O)NCC(c1ccco1)N(C)C. The van der Waals surface area contributed by atoms with Crippen molar-refractivity contribution in [2.24, 2.45) is 0 Å². The topological polar surface area (TPSA) is 82.9 Å². The lowest BCUT2D eigenvalue weighted by molar-refractivity contribution is -0.124. The lowest BCUT2D eigenvalue weighted by Gasteiger charge is -2.26. The quantitative estimate of drug-likeness (QED) is 0.756. The van der Waals surface area contributed by atoms with E-state index in [1.54, 1.807) is 6.26 Å². The molecule has 1 saturated heterocycles. The van der Waals surface area contributed by atoms with Crippen molar-refractivity contribution in [3.63, 3.8) is 0 Å². The third kappa shape index (κ3) is 4.37. The van der Waals surface area contributed by atoms with Gasteiger partial charge in [0.05, 0.1) is 18.1 Å². The van der Waals surface area contributed by atoms with Crippen LogP contribution in [0.25, 0.3) is 0 Å². The molecule has 1 fully saturated rings. The lowest BCUT2D eigenvalue weighted by Crippen LogP contribution is -2.48. The van der Waals surface area contributed by atoms with Gasteiger partial charge in [-0.3, -0.25) is 9.69 Å². The van der Waals surface area contributed by atoms with E-state index < -0.39 is 16.1 Å². The monoisotopic (exact) mass is 357 g/mol. The highest BCUT2D eigenvalue weighted by Gasteiger charge is 2.38. The first kappa shape index (κ1) is 19.0. The third-order valence-electron chi connectivity index (χ3n) is 4.29. The summed E-state index contributed by atoms with van der Waals surface area (Å²) >= 11 is 0. The Kier molecular flexibility index (Phi) is 6.42. The molecule has 2 unspecified atom stereocenters. The number of nitrogens with zero attached hydrogens (tertiary/aromatic N) is 2. The van der Waals surface area contributed by atoms with Crippen LogP contribution in [0.5, 0.6) is 0 Å². The van der Waals surface area contributed by atoms with Gasteiger partial charge >= 0.3 is 0 Å². The third-order valence-corrected chi connectivity index (χ3v) is 6.37. The first-order valence-electron chi connectivity index (χ1n) is 8.34. The molecule has 1 aromatic heterocycles. The van der Waals surface area contributed by atoms with Crippen LogP contribution < -0.4 is 5.32 Å². The summed E-state index contributed by atoms with van der Waals surface area (Å²) in [4.78, 5) is 14.5. The van der Waals surface area contributed by atoms with Crippen molar-refractivity contribution in [1.82, 2.24) is 14.5 Å². The molecule has 0 bridgehead atoms. The number of hydrogen-bond donors (Lipinski definition) is 1. The fourth-order valence-electron chi connectivity index (χ4n) is 3.04. The average Bonchev–Trinajstić information content (AvgIpc) is 3.18. The van der Waals surface area contributed by atoms with E-state index in [9.17, 15) is 13.2 Å². The number of rotatable bonds is 8. The zero-order chi connectivity index (χ0) is 17.7. The molecule has 2 atom stereocenters. The molecule has 136 valence electrons. The fraction of sp³-hybridized carbons (Fsp3) is 0.688. The molecule has 0 spiro atoms. The lowest BCUT2D eigenvalue weighted by atomic mass is 10.2. The van der Waals surface area contributed by atoms with Crippen LogP contribution in [0.4, 0.5) is 0 Å². The molecule has 2 rings (SSSR count). The number of likely N-dealkylation sites (N-methyl/N-ethyl adjacent to an activating group) is 1. The van der Waals surface area contributed by atoms with Crippen LogP contribution in [0.3, 0.4) is 0 Å². The van der Waals surface area contributed by atoms with Crippen molar-refractivity contribution in [2.75, 3.05) is 32.9 Å². The first-order valence-corrected chi connectivity index (χ1v) is 9.94. The minimum atomic E-state index is -3.36. The van der Waals surface area contributed by atoms with Gasteiger partial charge < -0.3 is 9.73 Å². The summed E-state index contributed by atoms with van der Waals surface area (Å²) in [5.74, 6) is 0.622. The second-order valence-electron chi connectivity index (χ2n) is 6.32. The largest absolute Gasteiger partial charge is 0.468 e. The summed E-state index contributed by atoms with van der Waals surface area (Å²) in [6, 6.07) is 2.99. The molecular weight excluding hydrogens is 330 g/mol. The molecule has 1 amide bonds. The van der Waals surface area contributed by atoms with Gasteiger partial charge in [0, 0.05) is 13.1 Å². The van der Waals surface area contributed by atoms with Crippen molar-refractivity contribution >= 4 is 15.9 Å². The highest BCUT2D eigenvalue weighted by atomic mass is 32.2. The van der Waals surface area contributed by atoms with Crippen LogP contribution in [0.15, 0.2) is 22.8 Å². The minimum absolute atomic E-state index is 0.0868. The molecule has 1 N–H and O–H groups in total.